The molecule has 1 saturated heterocycles. The summed E-state index contributed by atoms with van der Waals surface area (Å²) in [7, 11) is 0. The van der Waals surface area contributed by atoms with Crippen molar-refractivity contribution in [3.63, 3.8) is 0 Å². The molecule has 1 aliphatic rings. The van der Waals surface area contributed by atoms with E-state index in [0.717, 1.165) is 0 Å². The summed E-state index contributed by atoms with van der Waals surface area (Å²) in [6, 6.07) is -0.255. The molecule has 1 fully saturated rings. The third-order valence-corrected chi connectivity index (χ3v) is 3.23. The van der Waals surface area contributed by atoms with E-state index in [2.05, 4.69) is 12.6 Å². The van der Waals surface area contributed by atoms with Gasteiger partial charge < -0.3 is 10.0 Å². The van der Waals surface area contributed by atoms with Crippen LogP contribution in [0.15, 0.2) is 0 Å². The van der Waals surface area contributed by atoms with Gasteiger partial charge in [-0.1, -0.05) is 20.8 Å². The van der Waals surface area contributed by atoms with Gasteiger partial charge in [-0.05, 0) is 5.41 Å². The first-order valence-corrected chi connectivity index (χ1v) is 5.93. The molecule has 1 rings (SSSR count). The third-order valence-electron chi connectivity index (χ3n) is 2.88. The second kappa shape index (κ2) is 4.65. The predicted molar refractivity (Wildman–Crippen MR) is 64.6 cm³/mol. The van der Waals surface area contributed by atoms with Gasteiger partial charge in [-0.25, -0.2) is 0 Å². The van der Waals surface area contributed by atoms with Crippen molar-refractivity contribution in [1.82, 2.24) is 4.90 Å². The molecule has 0 spiro atoms. The maximum atomic E-state index is 11.7. The van der Waals surface area contributed by atoms with Crippen molar-refractivity contribution in [3.05, 3.63) is 0 Å². The van der Waals surface area contributed by atoms with Crippen molar-refractivity contribution < 1.29 is 14.7 Å². The van der Waals surface area contributed by atoms with Gasteiger partial charge >= 0.3 is 5.97 Å². The molecule has 2 unspecified atom stereocenters. The number of carboxylic acids is 1. The number of carbonyl (C=O) groups excluding carboxylic acids is 1. The van der Waals surface area contributed by atoms with Crippen LogP contribution in [0.5, 0.6) is 0 Å². The lowest BCUT2D eigenvalue weighted by Gasteiger charge is -2.37. The first-order valence-electron chi connectivity index (χ1n) is 5.41. The molecule has 0 bridgehead atoms. The standard InChI is InChI=1S/C11H19NO3S/c1-11(2,3)8(5-10(14)15)12-6-7(16)4-9(12)13/h7-8,16H,4-6H2,1-3H3,(H,14,15). The number of amides is 1. The summed E-state index contributed by atoms with van der Waals surface area (Å²) < 4.78 is 0. The third kappa shape index (κ3) is 3.14. The van der Waals surface area contributed by atoms with Gasteiger partial charge in [-0.15, -0.1) is 0 Å². The van der Waals surface area contributed by atoms with Crippen molar-refractivity contribution in [2.24, 2.45) is 5.41 Å². The normalized spacial score (nSPS) is 23.6. The second-order valence-corrected chi connectivity index (χ2v) is 6.11. The molecule has 0 aromatic rings. The van der Waals surface area contributed by atoms with Crippen molar-refractivity contribution in [2.75, 3.05) is 6.54 Å². The largest absolute Gasteiger partial charge is 0.481 e. The van der Waals surface area contributed by atoms with Crippen LogP contribution in [-0.2, 0) is 9.59 Å². The lowest BCUT2D eigenvalue weighted by Crippen LogP contribution is -2.46. The molecule has 16 heavy (non-hydrogen) atoms. The van der Waals surface area contributed by atoms with E-state index < -0.39 is 5.97 Å². The highest BCUT2D eigenvalue weighted by molar-refractivity contribution is 7.81. The second-order valence-electron chi connectivity index (χ2n) is 5.38. The fraction of sp³-hybridized carbons (Fsp3) is 0.818. The quantitative estimate of drug-likeness (QED) is 0.739. The maximum Gasteiger partial charge on any atom is 0.305 e. The molecule has 92 valence electrons. The number of carbonyl (C=O) groups is 2. The van der Waals surface area contributed by atoms with Crippen LogP contribution in [0.25, 0.3) is 0 Å². The van der Waals surface area contributed by atoms with Crippen LogP contribution in [0, 0.1) is 5.41 Å². The van der Waals surface area contributed by atoms with Crippen molar-refractivity contribution in [3.8, 4) is 0 Å². The first kappa shape index (κ1) is 13.4. The number of rotatable bonds is 3. The Labute approximate surface area is 101 Å². The van der Waals surface area contributed by atoms with Gasteiger partial charge in [0.25, 0.3) is 0 Å². The van der Waals surface area contributed by atoms with Crippen LogP contribution < -0.4 is 0 Å². The molecule has 2 atom stereocenters. The minimum atomic E-state index is -0.865. The van der Waals surface area contributed by atoms with Crippen molar-refractivity contribution in [2.45, 2.75) is 44.9 Å². The molecule has 1 amide bonds. The van der Waals surface area contributed by atoms with Crippen molar-refractivity contribution >= 4 is 24.5 Å². The van der Waals surface area contributed by atoms with E-state index in [1.807, 2.05) is 20.8 Å². The summed E-state index contributed by atoms with van der Waals surface area (Å²) in [6.45, 7) is 6.43. The predicted octanol–water partition coefficient (Wildman–Crippen LogP) is 1.41. The minimum Gasteiger partial charge on any atom is -0.481 e. The number of carboxylic acid groups (broad SMARTS) is 1. The highest BCUT2D eigenvalue weighted by Gasteiger charge is 2.39. The fourth-order valence-electron chi connectivity index (χ4n) is 2.06. The van der Waals surface area contributed by atoms with E-state index in [1.165, 1.54) is 0 Å². The zero-order valence-corrected chi connectivity index (χ0v) is 10.8. The van der Waals surface area contributed by atoms with Gasteiger partial charge in [-0.3, -0.25) is 9.59 Å². The Hall–Kier alpha value is -0.710. The molecule has 0 saturated carbocycles. The number of hydrogen-bond donors (Lipinski definition) is 2. The highest BCUT2D eigenvalue weighted by atomic mass is 32.1. The topological polar surface area (TPSA) is 57.6 Å². The van der Waals surface area contributed by atoms with E-state index in [4.69, 9.17) is 5.11 Å². The molecule has 1 aliphatic heterocycles. The number of nitrogens with zero attached hydrogens (tertiary/aromatic N) is 1. The van der Waals surface area contributed by atoms with E-state index in [1.54, 1.807) is 4.90 Å². The van der Waals surface area contributed by atoms with Crippen LogP contribution in [-0.4, -0.2) is 39.7 Å². The smallest absolute Gasteiger partial charge is 0.305 e. The zero-order chi connectivity index (χ0) is 12.5. The average Bonchev–Trinajstić information content (AvgIpc) is 2.38. The molecular formula is C11H19NO3S. The molecule has 1 N–H and O–H groups in total. The molecule has 0 aromatic heterocycles. The van der Waals surface area contributed by atoms with Gasteiger partial charge in [0, 0.05) is 24.3 Å². The zero-order valence-electron chi connectivity index (χ0n) is 9.93. The Kier molecular flexibility index (Phi) is 3.88. The minimum absolute atomic E-state index is 0.00423. The van der Waals surface area contributed by atoms with E-state index in [0.29, 0.717) is 13.0 Å². The lowest BCUT2D eigenvalue weighted by molar-refractivity contribution is -0.141. The number of likely N-dealkylation sites (tertiary alicyclic amines) is 1. The summed E-state index contributed by atoms with van der Waals surface area (Å²) in [6.07, 6.45) is 0.408. The molecular weight excluding hydrogens is 226 g/mol. The van der Waals surface area contributed by atoms with Crippen LogP contribution in [0.2, 0.25) is 0 Å². The van der Waals surface area contributed by atoms with E-state index >= 15 is 0 Å². The molecule has 1 heterocycles. The molecule has 0 aromatic carbocycles. The summed E-state index contributed by atoms with van der Waals surface area (Å²) in [5, 5.41) is 8.94. The van der Waals surface area contributed by atoms with E-state index in [9.17, 15) is 9.59 Å². The Bertz CT molecular complexity index is 298. The fourth-order valence-corrected chi connectivity index (χ4v) is 2.39. The van der Waals surface area contributed by atoms with Crippen LogP contribution in [0.1, 0.15) is 33.6 Å². The van der Waals surface area contributed by atoms with Crippen molar-refractivity contribution in [1.29, 1.82) is 0 Å². The van der Waals surface area contributed by atoms with Gasteiger partial charge in [0.2, 0.25) is 5.91 Å². The molecule has 4 nitrogen and oxygen atoms in total. The average molecular weight is 245 g/mol. The number of thiol groups is 1. The first-order chi connectivity index (χ1) is 7.21. The van der Waals surface area contributed by atoms with Gasteiger partial charge in [-0.2, -0.15) is 12.6 Å². The molecule has 0 aliphatic carbocycles. The number of aliphatic carboxylic acids is 1. The van der Waals surface area contributed by atoms with Gasteiger partial charge in [0.05, 0.1) is 6.42 Å². The Morgan fingerprint density at radius 3 is 2.50 bits per heavy atom. The van der Waals surface area contributed by atoms with Gasteiger partial charge in [0.1, 0.15) is 0 Å². The van der Waals surface area contributed by atoms with E-state index in [-0.39, 0.29) is 29.0 Å². The van der Waals surface area contributed by atoms with Crippen LogP contribution in [0.3, 0.4) is 0 Å². The Morgan fingerprint density at radius 1 is 1.62 bits per heavy atom. The lowest BCUT2D eigenvalue weighted by atomic mass is 9.83. The summed E-state index contributed by atoms with van der Waals surface area (Å²) >= 11 is 4.28. The SMILES string of the molecule is CC(C)(C)C(CC(=O)O)N1CC(S)CC1=O. The van der Waals surface area contributed by atoms with Crippen LogP contribution in [0.4, 0.5) is 0 Å². The van der Waals surface area contributed by atoms with Gasteiger partial charge in [0.15, 0.2) is 0 Å². The summed E-state index contributed by atoms with van der Waals surface area (Å²) in [4.78, 5) is 24.3. The summed E-state index contributed by atoms with van der Waals surface area (Å²) in [5.41, 5.74) is -0.230. The number of hydrogen-bond acceptors (Lipinski definition) is 3. The Balaban J connectivity index is 2.85. The highest BCUT2D eigenvalue weighted by Crippen LogP contribution is 2.31. The summed E-state index contributed by atoms with van der Waals surface area (Å²) in [5.74, 6) is -0.850. The maximum absolute atomic E-state index is 11.7. The molecule has 0 radical (unpaired) electrons. The monoisotopic (exact) mass is 245 g/mol. The molecule has 5 heteroatoms. The Morgan fingerprint density at radius 2 is 2.19 bits per heavy atom. The van der Waals surface area contributed by atoms with Crippen LogP contribution >= 0.6 is 12.6 Å².